The molecule has 0 radical (unpaired) electrons. The second kappa shape index (κ2) is 2.90. The Hall–Kier alpha value is -0.830. The maximum atomic E-state index is 9.57. The van der Waals surface area contributed by atoms with Crippen molar-refractivity contribution in [2.45, 2.75) is 39.7 Å². The fraction of sp³-hybridized carbons (Fsp3) is 0.667. The summed E-state index contributed by atoms with van der Waals surface area (Å²) in [4.78, 5) is 0. The van der Waals surface area contributed by atoms with Crippen LogP contribution in [-0.4, -0.2) is 15.9 Å². The van der Waals surface area contributed by atoms with Crippen LogP contribution in [0.1, 0.15) is 30.9 Å². The third kappa shape index (κ3) is 2.08. The second-order valence-corrected chi connectivity index (χ2v) is 3.79. The zero-order valence-electron chi connectivity index (χ0n) is 8.01. The van der Waals surface area contributed by atoms with Crippen LogP contribution in [0.25, 0.3) is 0 Å². The summed E-state index contributed by atoms with van der Waals surface area (Å²) in [6, 6.07) is 0. The fourth-order valence-corrected chi connectivity index (χ4v) is 1.19. The highest BCUT2D eigenvalue weighted by Gasteiger charge is 2.19. The zero-order valence-corrected chi connectivity index (χ0v) is 8.01. The summed E-state index contributed by atoms with van der Waals surface area (Å²) in [6.07, 6.45) is 0.591. The Morgan fingerprint density at radius 3 is 2.33 bits per heavy atom. The van der Waals surface area contributed by atoms with E-state index in [1.165, 1.54) is 0 Å². The van der Waals surface area contributed by atoms with E-state index in [-0.39, 0.29) is 0 Å². The summed E-state index contributed by atoms with van der Waals surface area (Å²) in [5.74, 6) is 0.801. The molecule has 1 aromatic rings. The molecule has 0 amide bonds. The smallest absolute Gasteiger partial charge is 0.137 e. The molecular weight excluding hydrogens is 154 g/mol. The van der Waals surface area contributed by atoms with E-state index in [0.29, 0.717) is 6.42 Å². The molecule has 1 N–H and O–H groups in total. The Morgan fingerprint density at radius 2 is 2.00 bits per heavy atom. The number of nitrogens with zero attached hydrogens (tertiary/aromatic N) is 1. The van der Waals surface area contributed by atoms with Crippen LogP contribution in [-0.2, 0) is 6.42 Å². The topological polar surface area (TPSA) is 46.3 Å². The predicted molar refractivity (Wildman–Crippen MR) is 46.0 cm³/mol. The van der Waals surface area contributed by atoms with E-state index >= 15 is 0 Å². The number of hydrogen-bond acceptors (Lipinski definition) is 3. The molecule has 0 saturated carbocycles. The molecule has 1 aromatic heterocycles. The van der Waals surface area contributed by atoms with Crippen LogP contribution in [0.15, 0.2) is 4.52 Å². The molecule has 1 heterocycles. The number of aliphatic hydroxyl groups is 1. The quantitative estimate of drug-likeness (QED) is 0.731. The normalized spacial score (nSPS) is 12.1. The van der Waals surface area contributed by atoms with Crippen molar-refractivity contribution in [3.8, 4) is 0 Å². The van der Waals surface area contributed by atoms with E-state index in [1.54, 1.807) is 13.8 Å². The van der Waals surface area contributed by atoms with Gasteiger partial charge in [-0.1, -0.05) is 5.16 Å². The Labute approximate surface area is 72.4 Å². The van der Waals surface area contributed by atoms with Gasteiger partial charge in [-0.05, 0) is 27.7 Å². The first-order valence-electron chi connectivity index (χ1n) is 4.04. The zero-order chi connectivity index (χ0) is 9.35. The van der Waals surface area contributed by atoms with Gasteiger partial charge in [0.25, 0.3) is 0 Å². The average Bonchev–Trinajstić information content (AvgIpc) is 2.16. The van der Waals surface area contributed by atoms with Gasteiger partial charge in [0.1, 0.15) is 5.76 Å². The van der Waals surface area contributed by atoms with Crippen molar-refractivity contribution in [3.63, 3.8) is 0 Å². The first-order valence-corrected chi connectivity index (χ1v) is 4.04. The largest absolute Gasteiger partial charge is 0.390 e. The van der Waals surface area contributed by atoms with Gasteiger partial charge in [-0.25, -0.2) is 0 Å². The van der Waals surface area contributed by atoms with Gasteiger partial charge in [0, 0.05) is 12.0 Å². The van der Waals surface area contributed by atoms with Gasteiger partial charge >= 0.3 is 0 Å². The van der Waals surface area contributed by atoms with Crippen LogP contribution in [0.2, 0.25) is 0 Å². The Morgan fingerprint density at radius 1 is 1.42 bits per heavy atom. The number of aryl methyl sites for hydroxylation is 2. The molecule has 0 bridgehead atoms. The molecule has 0 aliphatic heterocycles. The minimum Gasteiger partial charge on any atom is -0.390 e. The van der Waals surface area contributed by atoms with Gasteiger partial charge in [0.15, 0.2) is 0 Å². The third-order valence-corrected chi connectivity index (χ3v) is 1.79. The first-order chi connectivity index (χ1) is 5.40. The molecule has 0 saturated heterocycles. The molecule has 3 nitrogen and oxygen atoms in total. The number of rotatable bonds is 2. The van der Waals surface area contributed by atoms with Gasteiger partial charge in [-0.15, -0.1) is 0 Å². The minimum atomic E-state index is -0.693. The van der Waals surface area contributed by atoms with Gasteiger partial charge in [0.05, 0.1) is 11.3 Å². The Bertz CT molecular complexity index is 251. The summed E-state index contributed by atoms with van der Waals surface area (Å²) in [7, 11) is 0. The molecule has 0 aliphatic carbocycles. The first kappa shape index (κ1) is 9.26. The van der Waals surface area contributed by atoms with Gasteiger partial charge < -0.3 is 9.63 Å². The highest BCUT2D eigenvalue weighted by atomic mass is 16.5. The van der Waals surface area contributed by atoms with Crippen LogP contribution in [0, 0.1) is 13.8 Å². The summed E-state index contributed by atoms with van der Waals surface area (Å²) in [6.45, 7) is 7.30. The SMILES string of the molecule is Cc1noc(C)c1CC(C)(C)O. The maximum Gasteiger partial charge on any atom is 0.137 e. The van der Waals surface area contributed by atoms with E-state index in [2.05, 4.69) is 5.16 Å². The van der Waals surface area contributed by atoms with Crippen molar-refractivity contribution in [2.24, 2.45) is 0 Å². The molecule has 3 heteroatoms. The molecular formula is C9H15NO2. The van der Waals surface area contributed by atoms with Crippen LogP contribution >= 0.6 is 0 Å². The van der Waals surface area contributed by atoms with E-state index in [4.69, 9.17) is 4.52 Å². The summed E-state index contributed by atoms with van der Waals surface area (Å²) in [5.41, 5.74) is 1.19. The fourth-order valence-electron chi connectivity index (χ4n) is 1.19. The van der Waals surface area contributed by atoms with E-state index < -0.39 is 5.60 Å². The van der Waals surface area contributed by atoms with Crippen molar-refractivity contribution in [2.75, 3.05) is 0 Å². The summed E-state index contributed by atoms with van der Waals surface area (Å²) < 4.78 is 4.98. The van der Waals surface area contributed by atoms with Crippen LogP contribution < -0.4 is 0 Å². The van der Waals surface area contributed by atoms with Gasteiger partial charge in [0.2, 0.25) is 0 Å². The third-order valence-electron chi connectivity index (χ3n) is 1.79. The molecule has 12 heavy (non-hydrogen) atoms. The lowest BCUT2D eigenvalue weighted by Crippen LogP contribution is -2.22. The van der Waals surface area contributed by atoms with E-state index in [0.717, 1.165) is 17.0 Å². The molecule has 0 aromatic carbocycles. The van der Waals surface area contributed by atoms with Crippen LogP contribution in [0.3, 0.4) is 0 Å². The van der Waals surface area contributed by atoms with Gasteiger partial charge in [-0.3, -0.25) is 0 Å². The monoisotopic (exact) mass is 169 g/mol. The minimum absolute atomic E-state index is 0.591. The second-order valence-electron chi connectivity index (χ2n) is 3.79. The predicted octanol–water partition coefficient (Wildman–Crippen LogP) is 1.60. The average molecular weight is 169 g/mol. The maximum absolute atomic E-state index is 9.57. The molecule has 68 valence electrons. The number of hydrogen-bond donors (Lipinski definition) is 1. The molecule has 0 unspecified atom stereocenters. The molecule has 0 atom stereocenters. The molecule has 0 spiro atoms. The van der Waals surface area contributed by atoms with Crippen molar-refractivity contribution in [3.05, 3.63) is 17.0 Å². The van der Waals surface area contributed by atoms with Crippen LogP contribution in [0.4, 0.5) is 0 Å². The highest BCUT2D eigenvalue weighted by Crippen LogP contribution is 2.18. The van der Waals surface area contributed by atoms with E-state index in [1.807, 2.05) is 13.8 Å². The van der Waals surface area contributed by atoms with Crippen molar-refractivity contribution >= 4 is 0 Å². The molecule has 0 fully saturated rings. The summed E-state index contributed by atoms with van der Waals surface area (Å²) in [5, 5.41) is 13.4. The molecule has 1 rings (SSSR count). The Kier molecular flexibility index (Phi) is 2.24. The molecule has 0 aliphatic rings. The number of aromatic nitrogens is 1. The van der Waals surface area contributed by atoms with Crippen molar-refractivity contribution < 1.29 is 9.63 Å². The summed E-state index contributed by atoms with van der Waals surface area (Å²) >= 11 is 0. The van der Waals surface area contributed by atoms with Gasteiger partial charge in [-0.2, -0.15) is 0 Å². The van der Waals surface area contributed by atoms with Crippen molar-refractivity contribution in [1.29, 1.82) is 0 Å². The van der Waals surface area contributed by atoms with Crippen molar-refractivity contribution in [1.82, 2.24) is 5.16 Å². The highest BCUT2D eigenvalue weighted by molar-refractivity contribution is 5.22. The Balaban J connectivity index is 2.88. The van der Waals surface area contributed by atoms with Crippen LogP contribution in [0.5, 0.6) is 0 Å². The lowest BCUT2D eigenvalue weighted by Gasteiger charge is -2.16. The standard InChI is InChI=1S/C9H15NO2/c1-6-8(5-9(3,4)11)7(2)12-10-6/h11H,5H2,1-4H3. The van der Waals surface area contributed by atoms with E-state index in [9.17, 15) is 5.11 Å². The lowest BCUT2D eigenvalue weighted by atomic mass is 9.98. The lowest BCUT2D eigenvalue weighted by molar-refractivity contribution is 0.0804.